The summed E-state index contributed by atoms with van der Waals surface area (Å²) < 4.78 is 62.3. The Labute approximate surface area is 407 Å². The first kappa shape index (κ1) is 50.1. The van der Waals surface area contributed by atoms with Gasteiger partial charge in [-0.2, -0.15) is 8.62 Å². The zero-order chi connectivity index (χ0) is 51.0. The molecule has 10 rings (SSSR count). The summed E-state index contributed by atoms with van der Waals surface area (Å²) in [5, 5.41) is 39.1. The summed E-state index contributed by atoms with van der Waals surface area (Å²) in [6.07, 6.45) is 3.28. The molecule has 4 aromatic rings. The molecule has 6 atom stereocenters. The van der Waals surface area contributed by atoms with Crippen LogP contribution in [0.25, 0.3) is 11.6 Å². The lowest BCUT2D eigenvalue weighted by molar-refractivity contribution is -0.255. The largest absolute Gasteiger partial charge is 0.545 e. The van der Waals surface area contributed by atoms with Gasteiger partial charge in [0.2, 0.25) is 5.36 Å². The van der Waals surface area contributed by atoms with Crippen LogP contribution in [0, 0.1) is 0 Å². The number of hydrogen-bond donors (Lipinski definition) is 8. The number of ether oxygens (including phenoxy) is 2. The lowest BCUT2D eigenvalue weighted by Gasteiger charge is -2.39. The maximum atomic E-state index is 14.0. The average Bonchev–Trinajstić information content (AvgIpc) is 3.60. The van der Waals surface area contributed by atoms with Gasteiger partial charge in [0.1, 0.15) is 42.9 Å². The number of fused-ring (bicyclic) bond motifs is 4. The van der Waals surface area contributed by atoms with E-state index in [1.54, 1.807) is 6.07 Å². The van der Waals surface area contributed by atoms with Crippen LogP contribution in [0.2, 0.25) is 0 Å². The van der Waals surface area contributed by atoms with Crippen LogP contribution in [0.4, 0.5) is 5.69 Å². The SMILES string of the molecule is O=C(NC/C=C/c1cn([C@@H]2O[C@H](COP(=O)(O)OP(=O)(O)OP(=O)(O)O)[C@@H](O)[C@H]2O)c(=O)[nH]c1=O)c1ccc(C(=O)[O-])c(C2=c3cc4c5c(c3Oc3c2cc2c6c3CCCN6CCC2)CCC[N+]=5CCC4)c1. The maximum absolute atomic E-state index is 14.0. The van der Waals surface area contributed by atoms with Gasteiger partial charge in [-0.05, 0) is 73.9 Å². The molecule has 0 radical (unpaired) electrons. The fraction of sp³-hybridized carbons (Fsp3) is 0.400. The van der Waals surface area contributed by atoms with Crippen molar-refractivity contribution in [1.29, 1.82) is 0 Å². The van der Waals surface area contributed by atoms with Crippen molar-refractivity contribution in [2.45, 2.75) is 75.9 Å². The van der Waals surface area contributed by atoms with Gasteiger partial charge in [0.25, 0.3) is 11.5 Å². The van der Waals surface area contributed by atoms with Gasteiger partial charge in [0.15, 0.2) is 6.23 Å². The Balaban J connectivity index is 0.920. The second-order valence-corrected chi connectivity index (χ2v) is 22.6. The molecule has 0 saturated carbocycles. The highest BCUT2D eigenvalue weighted by molar-refractivity contribution is 7.66. The van der Waals surface area contributed by atoms with Gasteiger partial charge in [0.05, 0.1) is 23.7 Å². The number of nitrogens with zero attached hydrogens (tertiary/aromatic N) is 3. The number of nitrogens with one attached hydrogen (secondary N) is 2. The predicted molar refractivity (Wildman–Crippen MR) is 249 cm³/mol. The fourth-order valence-electron chi connectivity index (χ4n) is 10.7. The molecule has 8 N–H and O–H groups in total. The summed E-state index contributed by atoms with van der Waals surface area (Å²) in [5.41, 5.74) is 5.20. The molecular formula is C45H48N5O19P3. The lowest BCUT2D eigenvalue weighted by atomic mass is 9.81. The molecule has 0 bridgehead atoms. The maximum Gasteiger partial charge on any atom is 0.490 e. The average molecular weight is 1060 g/mol. The van der Waals surface area contributed by atoms with Crippen LogP contribution < -0.4 is 46.5 Å². The van der Waals surface area contributed by atoms with Gasteiger partial charge in [-0.15, -0.1) is 0 Å². The summed E-state index contributed by atoms with van der Waals surface area (Å²) in [7, 11) is -17.2. The molecule has 1 amide bonds. The number of aliphatic hydroxyl groups is 2. The number of aromatic amines is 1. The van der Waals surface area contributed by atoms with Crippen LogP contribution in [-0.4, -0.2) is 109 Å². The van der Waals surface area contributed by atoms with Crippen LogP contribution in [0.1, 0.15) is 91.6 Å². The normalized spacial score (nSPS) is 22.8. The number of carbonyl (C=O) groups excluding carboxylic acids is 2. The van der Waals surface area contributed by atoms with E-state index in [-0.39, 0.29) is 23.2 Å². The first-order valence-corrected chi connectivity index (χ1v) is 27.6. The number of carbonyl (C=O) groups is 2. The highest BCUT2D eigenvalue weighted by Crippen LogP contribution is 2.66. The summed E-state index contributed by atoms with van der Waals surface area (Å²) >= 11 is 0. The molecule has 0 spiro atoms. The van der Waals surface area contributed by atoms with Crippen molar-refractivity contribution >= 4 is 52.7 Å². The minimum absolute atomic E-state index is 0.106. The van der Waals surface area contributed by atoms with Crippen molar-refractivity contribution in [3.05, 3.63) is 124 Å². The number of benzene rings is 3. The first-order chi connectivity index (χ1) is 34.2. The zero-order valence-corrected chi connectivity index (χ0v) is 40.7. The third kappa shape index (κ3) is 9.64. The molecule has 27 heteroatoms. The van der Waals surface area contributed by atoms with Gasteiger partial charge in [-0.3, -0.25) is 23.7 Å². The molecule has 24 nitrogen and oxygen atoms in total. The number of phosphoric acid groups is 3. The van der Waals surface area contributed by atoms with E-state index in [9.17, 15) is 58.0 Å². The van der Waals surface area contributed by atoms with Gasteiger partial charge >= 0.3 is 29.2 Å². The molecular weight excluding hydrogens is 1010 g/mol. The minimum atomic E-state index is -5.87. The predicted octanol–water partition coefficient (Wildman–Crippen LogP) is -0.259. The summed E-state index contributed by atoms with van der Waals surface area (Å²) in [6, 6.07) is 8.54. The third-order valence-electron chi connectivity index (χ3n) is 13.6. The van der Waals surface area contributed by atoms with E-state index < -0.39 is 77.7 Å². The van der Waals surface area contributed by atoms with E-state index in [0.29, 0.717) is 27.2 Å². The van der Waals surface area contributed by atoms with Crippen molar-refractivity contribution in [2.75, 3.05) is 44.2 Å². The van der Waals surface area contributed by atoms with E-state index >= 15 is 0 Å². The molecule has 1 saturated heterocycles. The Bertz CT molecular complexity index is 3400. The molecule has 3 aromatic carbocycles. The second kappa shape index (κ2) is 19.1. The quantitative estimate of drug-likeness (QED) is 0.0525. The van der Waals surface area contributed by atoms with Crippen molar-refractivity contribution in [1.82, 2.24) is 19.4 Å². The Morgan fingerprint density at radius 3 is 2.35 bits per heavy atom. The number of H-pyrrole nitrogens is 1. The fourth-order valence-corrected chi connectivity index (χ4v) is 13.7. The van der Waals surface area contributed by atoms with Gasteiger partial charge in [-0.1, -0.05) is 18.2 Å². The standard InChI is InChI=1S/C45H48N5O19P3/c51-37-33(22-65-71(61,62)69-72(63,64)68-70(58,59)60)66-43(38(37)52)50-21-26(42(54)47-45(50)57)6-1-13-46-41(53)25-11-12-27(44(55)56)30(20-25)34-31-18-23-7-2-14-48-16-4-9-28(35(23)48)39(31)67-40-29-10-5-17-49-15-3-8-24(36(29)49)19-32(34)40/h1,6,11-12,18-21,33,37-38,43,51-52H,2-5,7-10,13-17,22H2,(H6-,46,47,53,54,55,56,57,58,59,60,61,62,63,64)/b6-1+/t33-,37-,38-,43-/m1/s1. The molecule has 6 aliphatic heterocycles. The summed E-state index contributed by atoms with van der Waals surface area (Å²) in [4.78, 5) is 93.9. The molecule has 0 aliphatic carbocycles. The number of aliphatic hydroxyl groups excluding tert-OH is 2. The van der Waals surface area contributed by atoms with Crippen LogP contribution in [0.15, 0.2) is 52.2 Å². The molecule has 1 aromatic heterocycles. The van der Waals surface area contributed by atoms with Gasteiger partial charge in [-0.25, -0.2) is 23.1 Å². The number of hydrogen-bond acceptors (Lipinski definition) is 16. The highest BCUT2D eigenvalue weighted by atomic mass is 31.3. The smallest absolute Gasteiger partial charge is 0.490 e. The van der Waals surface area contributed by atoms with Gasteiger partial charge < -0.3 is 59.4 Å². The van der Waals surface area contributed by atoms with E-state index in [0.717, 1.165) is 117 Å². The monoisotopic (exact) mass is 1060 g/mol. The van der Waals surface area contributed by atoms with E-state index in [2.05, 4.69) is 40.1 Å². The Morgan fingerprint density at radius 2 is 1.60 bits per heavy atom. The van der Waals surface area contributed by atoms with Crippen molar-refractivity contribution in [2.24, 2.45) is 0 Å². The van der Waals surface area contributed by atoms with Crippen LogP contribution in [-0.2, 0) is 57.3 Å². The Hall–Kier alpha value is -5.42. The number of aromatic nitrogens is 2. The number of aryl methyl sites for hydroxylation is 2. The summed E-state index contributed by atoms with van der Waals surface area (Å²) in [5.74, 6) is -0.612. The highest BCUT2D eigenvalue weighted by Gasteiger charge is 2.47. The third-order valence-corrected chi connectivity index (χ3v) is 17.4. The Kier molecular flexibility index (Phi) is 13.3. The van der Waals surface area contributed by atoms with Crippen molar-refractivity contribution < 1.29 is 80.8 Å². The molecule has 2 unspecified atom stereocenters. The van der Waals surface area contributed by atoms with E-state index in [4.69, 9.17) is 19.3 Å². The number of aromatic carboxylic acids is 1. The molecule has 1 fully saturated rings. The number of carboxylic acids is 1. The Morgan fingerprint density at radius 1 is 0.875 bits per heavy atom. The number of carboxylic acid groups (broad SMARTS) is 1. The van der Waals surface area contributed by atoms with E-state index in [1.807, 2.05) is 4.98 Å². The second-order valence-electron chi connectivity index (χ2n) is 18.2. The number of amides is 1. The lowest BCUT2D eigenvalue weighted by Crippen LogP contribution is -2.45. The molecule has 72 heavy (non-hydrogen) atoms. The zero-order valence-electron chi connectivity index (χ0n) is 38.0. The number of phosphoric ester groups is 1. The van der Waals surface area contributed by atoms with Gasteiger partial charge in [0, 0.05) is 83.0 Å². The van der Waals surface area contributed by atoms with Crippen molar-refractivity contribution in [3.63, 3.8) is 0 Å². The molecule has 6 aliphatic rings. The molecule has 382 valence electrons. The van der Waals surface area contributed by atoms with Crippen LogP contribution in [0.5, 0.6) is 11.5 Å². The number of rotatable bonds is 14. The van der Waals surface area contributed by atoms with Crippen molar-refractivity contribution in [3.8, 4) is 11.5 Å². The first-order valence-electron chi connectivity index (χ1n) is 23.1. The van der Waals surface area contributed by atoms with Crippen LogP contribution in [0.3, 0.4) is 0 Å². The van der Waals surface area contributed by atoms with E-state index in [1.165, 1.54) is 35.3 Å². The number of anilines is 1. The summed E-state index contributed by atoms with van der Waals surface area (Å²) in [6.45, 7) is 2.42. The van der Waals surface area contributed by atoms with Crippen LogP contribution >= 0.6 is 23.5 Å². The topological polar surface area (TPSA) is 349 Å². The minimum Gasteiger partial charge on any atom is -0.545 e. The molecule has 7 heterocycles.